The molecule has 0 saturated heterocycles. The van der Waals surface area contributed by atoms with E-state index in [0.29, 0.717) is 0 Å². The monoisotopic (exact) mass is 284 g/mol. The topological polar surface area (TPSA) is 41.8 Å². The van der Waals surface area contributed by atoms with Crippen LogP contribution in [-0.2, 0) is 0 Å². The fraction of sp³-hybridized carbons (Fsp3) is 0. The summed E-state index contributed by atoms with van der Waals surface area (Å²) in [6.07, 6.45) is 0. The van der Waals surface area contributed by atoms with Gasteiger partial charge in [0.05, 0.1) is 5.69 Å². The summed E-state index contributed by atoms with van der Waals surface area (Å²) < 4.78 is 0. The largest absolute Gasteiger partial charge is 0.398 e. The average molecular weight is 284 g/mol. The number of benzene rings is 3. The van der Waals surface area contributed by atoms with E-state index >= 15 is 0 Å². The third-order valence-corrected chi connectivity index (χ3v) is 3.98. The Balaban J connectivity index is 2.11. The molecular formula is C20H16N2. The summed E-state index contributed by atoms with van der Waals surface area (Å²) in [5.74, 6) is 0. The molecule has 0 saturated carbocycles. The molecule has 0 amide bonds. The van der Waals surface area contributed by atoms with Crippen molar-refractivity contribution >= 4 is 16.6 Å². The van der Waals surface area contributed by atoms with Crippen LogP contribution in [0.15, 0.2) is 78.9 Å². The molecule has 0 atom stereocenters. The maximum Gasteiger partial charge on any atom is 0.0545 e. The van der Waals surface area contributed by atoms with E-state index in [1.54, 1.807) is 0 Å². The quantitative estimate of drug-likeness (QED) is 0.495. The number of nitrogens with two attached hydrogens (primary N) is 1. The van der Waals surface area contributed by atoms with E-state index in [1.807, 2.05) is 24.3 Å². The van der Waals surface area contributed by atoms with Crippen LogP contribution in [0.3, 0.4) is 0 Å². The van der Waals surface area contributed by atoms with Crippen molar-refractivity contribution in [3.8, 4) is 22.4 Å². The van der Waals surface area contributed by atoms with Gasteiger partial charge in [-0.05, 0) is 23.3 Å². The average Bonchev–Trinajstić information content (AvgIpc) is 2.97. The van der Waals surface area contributed by atoms with E-state index in [4.69, 9.17) is 5.73 Å². The molecule has 0 aliphatic carbocycles. The van der Waals surface area contributed by atoms with E-state index in [0.717, 1.165) is 27.8 Å². The molecule has 0 radical (unpaired) electrons. The van der Waals surface area contributed by atoms with E-state index in [2.05, 4.69) is 59.6 Å². The van der Waals surface area contributed by atoms with Gasteiger partial charge in [-0.3, -0.25) is 0 Å². The van der Waals surface area contributed by atoms with Crippen LogP contribution in [0.5, 0.6) is 0 Å². The van der Waals surface area contributed by atoms with Crippen LogP contribution in [0.2, 0.25) is 0 Å². The molecule has 0 aliphatic heterocycles. The molecule has 4 aromatic rings. The third kappa shape index (κ3) is 1.97. The highest BCUT2D eigenvalue weighted by Gasteiger charge is 2.16. The number of anilines is 1. The van der Waals surface area contributed by atoms with Crippen LogP contribution in [0, 0.1) is 0 Å². The number of rotatable bonds is 2. The molecule has 106 valence electrons. The number of fused-ring (bicyclic) bond motifs is 1. The second-order valence-corrected chi connectivity index (χ2v) is 5.38. The predicted octanol–water partition coefficient (Wildman–Crippen LogP) is 5.08. The van der Waals surface area contributed by atoms with Crippen molar-refractivity contribution in [1.29, 1.82) is 0 Å². The molecule has 4 rings (SSSR count). The van der Waals surface area contributed by atoms with Gasteiger partial charge in [-0.25, -0.2) is 0 Å². The summed E-state index contributed by atoms with van der Waals surface area (Å²) in [6, 6.07) is 26.8. The van der Waals surface area contributed by atoms with Crippen molar-refractivity contribution in [3.63, 3.8) is 0 Å². The van der Waals surface area contributed by atoms with Gasteiger partial charge in [0.1, 0.15) is 0 Å². The van der Waals surface area contributed by atoms with Gasteiger partial charge < -0.3 is 10.7 Å². The van der Waals surface area contributed by atoms with E-state index in [9.17, 15) is 0 Å². The minimum Gasteiger partial charge on any atom is -0.398 e. The fourth-order valence-corrected chi connectivity index (χ4v) is 2.99. The fourth-order valence-electron chi connectivity index (χ4n) is 2.99. The van der Waals surface area contributed by atoms with Crippen LogP contribution < -0.4 is 5.73 Å². The Morgan fingerprint density at radius 1 is 0.636 bits per heavy atom. The smallest absolute Gasteiger partial charge is 0.0545 e. The molecule has 0 unspecified atom stereocenters. The molecule has 2 heteroatoms. The summed E-state index contributed by atoms with van der Waals surface area (Å²) in [5.41, 5.74) is 12.7. The number of hydrogen-bond donors (Lipinski definition) is 2. The van der Waals surface area contributed by atoms with Crippen molar-refractivity contribution in [2.75, 3.05) is 5.73 Å². The zero-order chi connectivity index (χ0) is 14.9. The van der Waals surface area contributed by atoms with Crippen LogP contribution in [0.4, 0.5) is 5.69 Å². The molecule has 1 heterocycles. The van der Waals surface area contributed by atoms with Crippen LogP contribution in [0.1, 0.15) is 0 Å². The van der Waals surface area contributed by atoms with E-state index < -0.39 is 0 Å². The SMILES string of the molecule is Nc1cccc2[nH]c(-c3ccccc3)c(-c3ccccc3)c12. The molecule has 3 N–H and O–H groups in total. The Hall–Kier alpha value is -3.00. The zero-order valence-electron chi connectivity index (χ0n) is 12.1. The molecule has 0 aliphatic rings. The zero-order valence-corrected chi connectivity index (χ0v) is 12.1. The number of nitrogens with one attached hydrogen (secondary N) is 1. The number of aromatic nitrogens is 1. The third-order valence-electron chi connectivity index (χ3n) is 3.98. The summed E-state index contributed by atoms with van der Waals surface area (Å²) in [5, 5.41) is 1.09. The highest BCUT2D eigenvalue weighted by atomic mass is 14.7. The second-order valence-electron chi connectivity index (χ2n) is 5.38. The second kappa shape index (κ2) is 5.08. The number of hydrogen-bond acceptors (Lipinski definition) is 1. The number of nitrogen functional groups attached to an aromatic ring is 1. The summed E-state index contributed by atoms with van der Waals surface area (Å²) >= 11 is 0. The van der Waals surface area contributed by atoms with E-state index in [-0.39, 0.29) is 0 Å². The lowest BCUT2D eigenvalue weighted by Gasteiger charge is -2.06. The highest BCUT2D eigenvalue weighted by Crippen LogP contribution is 2.40. The normalized spacial score (nSPS) is 10.9. The maximum atomic E-state index is 6.27. The summed E-state index contributed by atoms with van der Waals surface area (Å²) in [6.45, 7) is 0. The Morgan fingerprint density at radius 2 is 1.27 bits per heavy atom. The lowest BCUT2D eigenvalue weighted by atomic mass is 9.98. The first-order valence-corrected chi connectivity index (χ1v) is 7.35. The standard InChI is InChI=1S/C20H16N2/c21-16-12-7-13-17-19(16)18(14-8-3-1-4-9-14)20(22-17)15-10-5-2-6-11-15/h1-13,22H,21H2. The highest BCUT2D eigenvalue weighted by molar-refractivity contribution is 6.09. The Bertz CT molecular complexity index is 922. The lowest BCUT2D eigenvalue weighted by molar-refractivity contribution is 1.45. The molecule has 2 nitrogen and oxygen atoms in total. The van der Waals surface area contributed by atoms with Crippen molar-refractivity contribution in [2.24, 2.45) is 0 Å². The van der Waals surface area contributed by atoms with Gasteiger partial charge in [-0.15, -0.1) is 0 Å². The maximum absolute atomic E-state index is 6.27. The van der Waals surface area contributed by atoms with Crippen LogP contribution in [0.25, 0.3) is 33.3 Å². The van der Waals surface area contributed by atoms with Gasteiger partial charge in [0.15, 0.2) is 0 Å². The van der Waals surface area contributed by atoms with Gasteiger partial charge in [0.2, 0.25) is 0 Å². The number of aromatic amines is 1. The van der Waals surface area contributed by atoms with Gasteiger partial charge in [0, 0.05) is 22.2 Å². The molecule has 0 bridgehead atoms. The first kappa shape index (κ1) is 12.7. The summed E-state index contributed by atoms with van der Waals surface area (Å²) in [4.78, 5) is 3.54. The van der Waals surface area contributed by atoms with E-state index in [1.165, 1.54) is 11.1 Å². The summed E-state index contributed by atoms with van der Waals surface area (Å²) in [7, 11) is 0. The first-order valence-electron chi connectivity index (χ1n) is 7.35. The van der Waals surface area contributed by atoms with Gasteiger partial charge in [-0.2, -0.15) is 0 Å². The van der Waals surface area contributed by atoms with Crippen molar-refractivity contribution in [2.45, 2.75) is 0 Å². The van der Waals surface area contributed by atoms with Crippen molar-refractivity contribution in [3.05, 3.63) is 78.9 Å². The van der Waals surface area contributed by atoms with Gasteiger partial charge in [0.25, 0.3) is 0 Å². The Morgan fingerprint density at radius 3 is 1.95 bits per heavy atom. The molecule has 0 spiro atoms. The Kier molecular flexibility index (Phi) is 2.94. The van der Waals surface area contributed by atoms with Gasteiger partial charge >= 0.3 is 0 Å². The van der Waals surface area contributed by atoms with Crippen molar-refractivity contribution < 1.29 is 0 Å². The molecular weight excluding hydrogens is 268 g/mol. The minimum absolute atomic E-state index is 0.801. The first-order chi connectivity index (χ1) is 10.8. The molecule has 1 aromatic heterocycles. The number of H-pyrrole nitrogens is 1. The van der Waals surface area contributed by atoms with Crippen LogP contribution >= 0.6 is 0 Å². The minimum atomic E-state index is 0.801. The van der Waals surface area contributed by atoms with Crippen LogP contribution in [-0.4, -0.2) is 4.98 Å². The van der Waals surface area contributed by atoms with Crippen molar-refractivity contribution in [1.82, 2.24) is 4.98 Å². The molecule has 3 aromatic carbocycles. The lowest BCUT2D eigenvalue weighted by Crippen LogP contribution is -1.87. The Labute approximate surface area is 129 Å². The van der Waals surface area contributed by atoms with Gasteiger partial charge in [-0.1, -0.05) is 66.7 Å². The predicted molar refractivity (Wildman–Crippen MR) is 93.6 cm³/mol. The molecule has 0 fully saturated rings. The molecule has 22 heavy (non-hydrogen) atoms.